The Morgan fingerprint density at radius 2 is 1.89 bits per heavy atom. The molecular formula is C23H22N6O5S. The zero-order chi connectivity index (χ0) is 24.5. The number of hydrogen-bond donors (Lipinski definition) is 4. The van der Waals surface area contributed by atoms with Crippen LogP contribution in [0.3, 0.4) is 0 Å². The molecule has 0 unspecified atom stereocenters. The number of aromatic amines is 1. The highest BCUT2D eigenvalue weighted by atomic mass is 32.1. The number of aromatic nitrogens is 2. The summed E-state index contributed by atoms with van der Waals surface area (Å²) in [6.07, 6.45) is 1.40. The Labute approximate surface area is 203 Å². The van der Waals surface area contributed by atoms with Crippen molar-refractivity contribution in [1.29, 1.82) is 0 Å². The lowest BCUT2D eigenvalue weighted by Gasteiger charge is -2.34. The van der Waals surface area contributed by atoms with Gasteiger partial charge in [-0.1, -0.05) is 0 Å². The third kappa shape index (κ3) is 4.61. The number of nitrogens with zero attached hydrogens (tertiary/aromatic N) is 3. The van der Waals surface area contributed by atoms with E-state index >= 15 is 0 Å². The van der Waals surface area contributed by atoms with Gasteiger partial charge < -0.3 is 30.0 Å². The molecule has 0 spiro atoms. The van der Waals surface area contributed by atoms with E-state index in [-0.39, 0.29) is 22.0 Å². The lowest BCUT2D eigenvalue weighted by molar-refractivity contribution is 0.0701. The van der Waals surface area contributed by atoms with Gasteiger partial charge in [0.2, 0.25) is 0 Å². The van der Waals surface area contributed by atoms with E-state index in [1.807, 2.05) is 6.07 Å². The fourth-order valence-electron chi connectivity index (χ4n) is 3.88. The quantitative estimate of drug-likeness (QED) is 0.320. The molecule has 5 rings (SSSR count). The molecule has 1 aliphatic rings. The van der Waals surface area contributed by atoms with Crippen molar-refractivity contribution in [3.63, 3.8) is 0 Å². The largest absolute Gasteiger partial charge is 0.477 e. The van der Waals surface area contributed by atoms with E-state index in [4.69, 9.17) is 4.42 Å². The summed E-state index contributed by atoms with van der Waals surface area (Å²) in [4.78, 5) is 42.3. The van der Waals surface area contributed by atoms with Gasteiger partial charge in [0, 0.05) is 31.9 Å². The molecule has 1 aromatic carbocycles. The number of furan rings is 1. The number of carboxylic acids is 1. The summed E-state index contributed by atoms with van der Waals surface area (Å²) in [5.41, 5.74) is 1.44. The third-order valence-corrected chi connectivity index (χ3v) is 6.84. The second-order valence-electron chi connectivity index (χ2n) is 8.14. The van der Waals surface area contributed by atoms with Crippen molar-refractivity contribution in [2.45, 2.75) is 0 Å². The SMILES string of the molecule is CN1CCN(c2ccc(C(=O)Nc3n[nH]c4sc(C(=O)O)cc34)c(NC(=O)c3ccco3)c2)CC1. The third-order valence-electron chi connectivity index (χ3n) is 5.81. The number of rotatable bonds is 6. The summed E-state index contributed by atoms with van der Waals surface area (Å²) in [7, 11) is 2.07. The van der Waals surface area contributed by atoms with Crippen LogP contribution in [0.5, 0.6) is 0 Å². The fraction of sp³-hybridized carbons (Fsp3) is 0.217. The summed E-state index contributed by atoms with van der Waals surface area (Å²) >= 11 is 1.03. The first-order chi connectivity index (χ1) is 16.9. The minimum Gasteiger partial charge on any atom is -0.477 e. The molecule has 180 valence electrons. The normalized spacial score (nSPS) is 14.3. The van der Waals surface area contributed by atoms with Crippen LogP contribution in [0, 0.1) is 0 Å². The van der Waals surface area contributed by atoms with Gasteiger partial charge >= 0.3 is 5.97 Å². The number of anilines is 3. The Balaban J connectivity index is 1.45. The maximum Gasteiger partial charge on any atom is 0.345 e. The minimum atomic E-state index is -1.06. The van der Waals surface area contributed by atoms with Crippen LogP contribution in [-0.2, 0) is 0 Å². The number of carbonyl (C=O) groups is 3. The Morgan fingerprint density at radius 3 is 2.60 bits per heavy atom. The minimum absolute atomic E-state index is 0.120. The topological polar surface area (TPSA) is 144 Å². The Hall–Kier alpha value is -4.16. The van der Waals surface area contributed by atoms with Gasteiger partial charge in [-0.2, -0.15) is 5.10 Å². The Morgan fingerprint density at radius 1 is 1.09 bits per heavy atom. The summed E-state index contributed by atoms with van der Waals surface area (Å²) in [5, 5.41) is 22.1. The molecule has 0 aliphatic carbocycles. The smallest absolute Gasteiger partial charge is 0.345 e. The highest BCUT2D eigenvalue weighted by Crippen LogP contribution is 2.31. The molecule has 1 aliphatic heterocycles. The molecule has 1 saturated heterocycles. The van der Waals surface area contributed by atoms with Crippen molar-refractivity contribution in [2.24, 2.45) is 0 Å². The van der Waals surface area contributed by atoms with Crippen molar-refractivity contribution in [1.82, 2.24) is 15.1 Å². The van der Waals surface area contributed by atoms with Gasteiger partial charge in [0.15, 0.2) is 11.6 Å². The molecule has 35 heavy (non-hydrogen) atoms. The number of likely N-dealkylation sites (N-methyl/N-ethyl adjacent to an activating group) is 1. The maximum atomic E-state index is 13.2. The fourth-order valence-corrected chi connectivity index (χ4v) is 4.72. The van der Waals surface area contributed by atoms with Gasteiger partial charge in [-0.3, -0.25) is 14.7 Å². The van der Waals surface area contributed by atoms with Gasteiger partial charge in [0.1, 0.15) is 9.71 Å². The molecular weight excluding hydrogens is 472 g/mol. The van der Waals surface area contributed by atoms with E-state index in [9.17, 15) is 19.5 Å². The summed E-state index contributed by atoms with van der Waals surface area (Å²) in [6, 6.07) is 9.87. The van der Waals surface area contributed by atoms with Gasteiger partial charge in [-0.05, 0) is 43.4 Å². The molecule has 4 heterocycles. The second-order valence-corrected chi connectivity index (χ2v) is 9.19. The van der Waals surface area contributed by atoms with Crippen molar-refractivity contribution in [3.8, 4) is 0 Å². The zero-order valence-corrected chi connectivity index (χ0v) is 19.5. The van der Waals surface area contributed by atoms with E-state index in [0.717, 1.165) is 43.2 Å². The number of aromatic carboxylic acids is 1. The average Bonchev–Trinajstić information content (AvgIpc) is 3.58. The number of fused-ring (bicyclic) bond motifs is 1. The first kappa shape index (κ1) is 22.6. The Bertz CT molecular complexity index is 1400. The average molecular weight is 495 g/mol. The van der Waals surface area contributed by atoms with Gasteiger partial charge in [0.05, 0.1) is 22.9 Å². The van der Waals surface area contributed by atoms with Gasteiger partial charge in [0.25, 0.3) is 11.8 Å². The summed E-state index contributed by atoms with van der Waals surface area (Å²) < 4.78 is 5.19. The van der Waals surface area contributed by atoms with Crippen molar-refractivity contribution < 1.29 is 23.9 Å². The van der Waals surface area contributed by atoms with Crippen LogP contribution in [0.2, 0.25) is 0 Å². The van der Waals surface area contributed by atoms with Crippen LogP contribution in [0.15, 0.2) is 47.1 Å². The number of H-pyrrole nitrogens is 1. The van der Waals surface area contributed by atoms with Crippen molar-refractivity contribution >= 4 is 56.5 Å². The molecule has 0 atom stereocenters. The second kappa shape index (κ2) is 9.24. The molecule has 12 heteroatoms. The molecule has 4 N–H and O–H groups in total. The number of amides is 2. The van der Waals surface area contributed by atoms with Crippen LogP contribution in [0.4, 0.5) is 17.2 Å². The van der Waals surface area contributed by atoms with Crippen LogP contribution in [0.25, 0.3) is 10.2 Å². The number of thiophene rings is 1. The highest BCUT2D eigenvalue weighted by molar-refractivity contribution is 7.20. The number of carboxylic acid groups (broad SMARTS) is 1. The Kier molecular flexibility index (Phi) is 5.97. The van der Waals surface area contributed by atoms with Crippen molar-refractivity contribution in [2.75, 3.05) is 48.8 Å². The number of carbonyl (C=O) groups excluding carboxylic acids is 2. The summed E-state index contributed by atoms with van der Waals surface area (Å²) in [5.74, 6) is -1.71. The molecule has 3 aromatic heterocycles. The molecule has 0 bridgehead atoms. The maximum absolute atomic E-state index is 13.2. The zero-order valence-electron chi connectivity index (χ0n) is 18.7. The van der Waals surface area contributed by atoms with Crippen LogP contribution < -0.4 is 15.5 Å². The van der Waals surface area contributed by atoms with Crippen LogP contribution in [0.1, 0.15) is 30.6 Å². The molecule has 4 aromatic rings. The number of benzene rings is 1. The predicted molar refractivity (Wildman–Crippen MR) is 132 cm³/mol. The van der Waals surface area contributed by atoms with Crippen molar-refractivity contribution in [3.05, 3.63) is 58.9 Å². The number of piperazine rings is 1. The first-order valence-corrected chi connectivity index (χ1v) is 11.7. The monoisotopic (exact) mass is 494 g/mol. The van der Waals surface area contributed by atoms with Crippen LogP contribution >= 0.6 is 11.3 Å². The molecule has 1 fully saturated rings. The van der Waals surface area contributed by atoms with E-state index < -0.39 is 17.8 Å². The number of nitrogens with one attached hydrogen (secondary N) is 3. The van der Waals surface area contributed by atoms with E-state index in [2.05, 4.69) is 37.7 Å². The molecule has 0 saturated carbocycles. The lowest BCUT2D eigenvalue weighted by atomic mass is 10.1. The molecule has 0 radical (unpaired) electrons. The van der Waals surface area contributed by atoms with Gasteiger partial charge in [-0.25, -0.2) is 4.79 Å². The van der Waals surface area contributed by atoms with E-state index in [1.165, 1.54) is 18.4 Å². The highest BCUT2D eigenvalue weighted by Gasteiger charge is 2.22. The predicted octanol–water partition coefficient (Wildman–Crippen LogP) is 3.17. The summed E-state index contributed by atoms with van der Waals surface area (Å²) in [6.45, 7) is 3.46. The first-order valence-electron chi connectivity index (χ1n) is 10.8. The van der Waals surface area contributed by atoms with E-state index in [1.54, 1.807) is 18.2 Å². The van der Waals surface area contributed by atoms with E-state index in [0.29, 0.717) is 15.9 Å². The van der Waals surface area contributed by atoms with Crippen LogP contribution in [-0.4, -0.2) is 71.2 Å². The standard InChI is InChI=1S/C23H22N6O5S/c1-28-6-8-29(9-7-28)13-4-5-14(16(11-13)24-21(31)17-3-2-10-34-17)20(30)25-19-15-12-18(23(32)33)35-22(15)27-26-19/h2-5,10-12H,6-9H2,1H3,(H,24,31)(H,32,33)(H2,25,26,27,30). The van der Waals surface area contributed by atoms with Gasteiger partial charge in [-0.15, -0.1) is 11.3 Å². The number of hydrogen-bond acceptors (Lipinski definition) is 8. The lowest BCUT2D eigenvalue weighted by Crippen LogP contribution is -2.44. The molecule has 11 nitrogen and oxygen atoms in total. The molecule has 2 amide bonds.